The van der Waals surface area contributed by atoms with Gasteiger partial charge in [0.1, 0.15) is 5.58 Å². The van der Waals surface area contributed by atoms with Crippen LogP contribution >= 0.6 is 11.6 Å². The molecule has 0 saturated carbocycles. The Kier molecular flexibility index (Phi) is 4.20. The molecule has 1 aliphatic heterocycles. The number of carbonyl (C=O) groups is 1. The van der Waals surface area contributed by atoms with E-state index in [4.69, 9.17) is 16.0 Å². The molecule has 1 aromatic carbocycles. The lowest BCUT2D eigenvalue weighted by Gasteiger charge is -2.31. The summed E-state index contributed by atoms with van der Waals surface area (Å²) in [5.41, 5.74) is 1.95. The predicted molar refractivity (Wildman–Crippen MR) is 84.9 cm³/mol. The van der Waals surface area contributed by atoms with Crippen molar-refractivity contribution in [3.63, 3.8) is 0 Å². The average molecular weight is 306 g/mol. The number of nitrogens with zero attached hydrogens (tertiary/aromatic N) is 1. The van der Waals surface area contributed by atoms with Gasteiger partial charge < -0.3 is 9.32 Å². The molecule has 1 fully saturated rings. The number of hydrogen-bond donors (Lipinski definition) is 0. The molecule has 1 saturated heterocycles. The fourth-order valence-corrected chi connectivity index (χ4v) is 3.37. The van der Waals surface area contributed by atoms with Crippen molar-refractivity contribution in [1.82, 2.24) is 4.90 Å². The van der Waals surface area contributed by atoms with Gasteiger partial charge >= 0.3 is 0 Å². The summed E-state index contributed by atoms with van der Waals surface area (Å²) < 4.78 is 5.72. The molecule has 1 aliphatic rings. The van der Waals surface area contributed by atoms with Crippen LogP contribution in [-0.2, 0) is 0 Å². The van der Waals surface area contributed by atoms with E-state index in [1.807, 2.05) is 36.1 Å². The largest absolute Gasteiger partial charge is 0.451 e. The lowest BCUT2D eigenvalue weighted by molar-refractivity contribution is 0.0642. The zero-order valence-electron chi connectivity index (χ0n) is 12.3. The van der Waals surface area contributed by atoms with Gasteiger partial charge in [-0.3, -0.25) is 4.79 Å². The number of amides is 1. The second kappa shape index (κ2) is 6.10. The van der Waals surface area contributed by atoms with Crippen molar-refractivity contribution in [3.05, 3.63) is 35.6 Å². The summed E-state index contributed by atoms with van der Waals surface area (Å²) in [6.07, 6.45) is 3.19. The Balaban J connectivity index is 1.79. The van der Waals surface area contributed by atoms with Gasteiger partial charge in [-0.2, -0.15) is 0 Å². The highest BCUT2D eigenvalue weighted by atomic mass is 35.5. The van der Waals surface area contributed by atoms with Gasteiger partial charge in [-0.1, -0.05) is 11.6 Å². The topological polar surface area (TPSA) is 33.5 Å². The zero-order valence-corrected chi connectivity index (χ0v) is 13.0. The number of alkyl halides is 1. The first-order valence-electron chi connectivity index (χ1n) is 7.53. The van der Waals surface area contributed by atoms with Gasteiger partial charge in [-0.25, -0.2) is 0 Å². The van der Waals surface area contributed by atoms with Crippen LogP contribution in [0.15, 0.2) is 28.7 Å². The molecule has 0 radical (unpaired) electrons. The Morgan fingerprint density at radius 3 is 3.10 bits per heavy atom. The molecule has 21 heavy (non-hydrogen) atoms. The number of fused-ring (bicyclic) bond motifs is 1. The normalized spacial score (nSPS) is 19.1. The summed E-state index contributed by atoms with van der Waals surface area (Å²) in [6.45, 7) is 3.64. The van der Waals surface area contributed by atoms with E-state index in [0.29, 0.717) is 17.6 Å². The van der Waals surface area contributed by atoms with Gasteiger partial charge in [0.15, 0.2) is 5.76 Å². The van der Waals surface area contributed by atoms with E-state index in [2.05, 4.69) is 0 Å². The standard InChI is InChI=1S/C17H20ClNO2/c1-12-4-5-15-14(9-12)10-16(21-15)17(20)19-8-2-3-13(11-19)6-7-18/h4-5,9-10,13H,2-3,6-8,11H2,1H3. The highest BCUT2D eigenvalue weighted by Gasteiger charge is 2.26. The maximum Gasteiger partial charge on any atom is 0.289 e. The molecular weight excluding hydrogens is 286 g/mol. The molecule has 2 heterocycles. The number of hydrogen-bond acceptors (Lipinski definition) is 2. The fraction of sp³-hybridized carbons (Fsp3) is 0.471. The molecule has 0 spiro atoms. The molecule has 1 atom stereocenters. The third-order valence-corrected chi connectivity index (χ3v) is 4.42. The third-order valence-electron chi connectivity index (χ3n) is 4.21. The number of carbonyl (C=O) groups excluding carboxylic acids is 1. The predicted octanol–water partition coefficient (Wildman–Crippen LogP) is 4.22. The summed E-state index contributed by atoms with van der Waals surface area (Å²) >= 11 is 5.83. The van der Waals surface area contributed by atoms with Crippen LogP contribution in [0.1, 0.15) is 35.4 Å². The van der Waals surface area contributed by atoms with Crippen molar-refractivity contribution in [3.8, 4) is 0 Å². The Hall–Kier alpha value is -1.48. The van der Waals surface area contributed by atoms with Gasteiger partial charge in [-0.05, 0) is 50.3 Å². The molecule has 112 valence electrons. The van der Waals surface area contributed by atoms with Gasteiger partial charge in [0.05, 0.1) is 0 Å². The molecule has 3 rings (SSSR count). The van der Waals surface area contributed by atoms with Gasteiger partial charge in [0.25, 0.3) is 5.91 Å². The lowest BCUT2D eigenvalue weighted by atomic mass is 9.95. The summed E-state index contributed by atoms with van der Waals surface area (Å²) in [7, 11) is 0. The average Bonchev–Trinajstić information content (AvgIpc) is 2.90. The van der Waals surface area contributed by atoms with Crippen molar-refractivity contribution in [2.45, 2.75) is 26.2 Å². The molecule has 1 aromatic heterocycles. The Morgan fingerprint density at radius 2 is 2.29 bits per heavy atom. The SMILES string of the molecule is Cc1ccc2oc(C(=O)N3CCCC(CCCl)C3)cc2c1. The monoisotopic (exact) mass is 305 g/mol. The van der Waals surface area contributed by atoms with Crippen molar-refractivity contribution in [2.24, 2.45) is 5.92 Å². The highest BCUT2D eigenvalue weighted by molar-refractivity contribution is 6.17. The quantitative estimate of drug-likeness (QED) is 0.795. The number of rotatable bonds is 3. The molecule has 3 nitrogen and oxygen atoms in total. The van der Waals surface area contributed by atoms with Gasteiger partial charge in [-0.15, -0.1) is 11.6 Å². The Bertz CT molecular complexity index is 647. The molecule has 1 amide bonds. The number of likely N-dealkylation sites (tertiary alicyclic amines) is 1. The first kappa shape index (κ1) is 14.5. The van der Waals surface area contributed by atoms with E-state index < -0.39 is 0 Å². The number of aryl methyl sites for hydroxylation is 1. The van der Waals surface area contributed by atoms with E-state index in [-0.39, 0.29) is 5.91 Å². The Morgan fingerprint density at radius 1 is 1.43 bits per heavy atom. The number of benzene rings is 1. The van der Waals surface area contributed by atoms with Crippen molar-refractivity contribution in [2.75, 3.05) is 19.0 Å². The highest BCUT2D eigenvalue weighted by Crippen LogP contribution is 2.25. The maximum atomic E-state index is 12.6. The van der Waals surface area contributed by atoms with Crippen LogP contribution in [0.2, 0.25) is 0 Å². The van der Waals surface area contributed by atoms with Crippen molar-refractivity contribution < 1.29 is 9.21 Å². The number of furan rings is 1. The minimum Gasteiger partial charge on any atom is -0.451 e. The smallest absolute Gasteiger partial charge is 0.289 e. The zero-order chi connectivity index (χ0) is 14.8. The summed E-state index contributed by atoms with van der Waals surface area (Å²) in [4.78, 5) is 14.5. The first-order chi connectivity index (χ1) is 10.2. The van der Waals surface area contributed by atoms with Gasteiger partial charge in [0.2, 0.25) is 0 Å². The molecule has 2 aromatic rings. The number of piperidine rings is 1. The van der Waals surface area contributed by atoms with E-state index in [1.54, 1.807) is 0 Å². The third kappa shape index (κ3) is 3.08. The van der Waals surface area contributed by atoms with Crippen molar-refractivity contribution >= 4 is 28.5 Å². The van der Waals surface area contributed by atoms with E-state index >= 15 is 0 Å². The van der Waals surface area contributed by atoms with E-state index in [0.717, 1.165) is 43.3 Å². The van der Waals surface area contributed by atoms with Crippen LogP contribution in [0.4, 0.5) is 0 Å². The van der Waals surface area contributed by atoms with Crippen LogP contribution in [0.3, 0.4) is 0 Å². The van der Waals surface area contributed by atoms with Crippen molar-refractivity contribution in [1.29, 1.82) is 0 Å². The second-order valence-corrected chi connectivity index (χ2v) is 6.27. The van der Waals surface area contributed by atoms with Gasteiger partial charge in [0, 0.05) is 24.4 Å². The van der Waals surface area contributed by atoms with Crippen LogP contribution < -0.4 is 0 Å². The van der Waals surface area contributed by atoms with E-state index in [1.165, 1.54) is 5.56 Å². The minimum atomic E-state index is 0.00289. The second-order valence-electron chi connectivity index (χ2n) is 5.89. The molecule has 4 heteroatoms. The molecule has 0 aliphatic carbocycles. The first-order valence-corrected chi connectivity index (χ1v) is 8.06. The summed E-state index contributed by atoms with van der Waals surface area (Å²) in [5, 5.41) is 0.993. The summed E-state index contributed by atoms with van der Waals surface area (Å²) in [6, 6.07) is 7.82. The summed E-state index contributed by atoms with van der Waals surface area (Å²) in [5.74, 6) is 1.63. The fourth-order valence-electron chi connectivity index (χ4n) is 3.06. The van der Waals surface area contributed by atoms with Crippen LogP contribution in [0, 0.1) is 12.8 Å². The van der Waals surface area contributed by atoms with Crippen LogP contribution in [0.25, 0.3) is 11.0 Å². The van der Waals surface area contributed by atoms with Crippen LogP contribution in [-0.4, -0.2) is 29.8 Å². The Labute approximate surface area is 129 Å². The molecule has 0 bridgehead atoms. The maximum absolute atomic E-state index is 12.6. The van der Waals surface area contributed by atoms with E-state index in [9.17, 15) is 4.79 Å². The minimum absolute atomic E-state index is 0.00289. The molecule has 0 N–H and O–H groups in total. The lowest BCUT2D eigenvalue weighted by Crippen LogP contribution is -2.39. The number of halogens is 1. The molecule has 1 unspecified atom stereocenters. The molecular formula is C17H20ClNO2. The van der Waals surface area contributed by atoms with Crippen LogP contribution in [0.5, 0.6) is 0 Å².